The lowest BCUT2D eigenvalue weighted by Crippen LogP contribution is -2.06. The van der Waals surface area contributed by atoms with E-state index in [0.717, 1.165) is 5.56 Å². The van der Waals surface area contributed by atoms with Gasteiger partial charge in [-0.15, -0.1) is 0 Å². The Balaban J connectivity index is 2.34. The molecule has 0 saturated heterocycles. The van der Waals surface area contributed by atoms with E-state index >= 15 is 0 Å². The van der Waals surface area contributed by atoms with Gasteiger partial charge in [-0.25, -0.2) is 0 Å². The molecule has 0 aliphatic rings. The van der Waals surface area contributed by atoms with Gasteiger partial charge < -0.3 is 0 Å². The van der Waals surface area contributed by atoms with E-state index in [4.69, 9.17) is 0 Å². The first-order valence-corrected chi connectivity index (χ1v) is 5.09. The molecule has 2 nitrogen and oxygen atoms in total. The number of Topliss-reactive ketones (excluding diaryl/α,β-unsaturated/α-hetero) is 2. The Hall–Kier alpha value is -1.44. The van der Waals surface area contributed by atoms with Gasteiger partial charge in [-0.3, -0.25) is 9.59 Å². The van der Waals surface area contributed by atoms with E-state index in [1.807, 2.05) is 30.3 Å². The standard InChI is InChI=1S/C13H15O2/c1-2-12(14)8-9-13(15)10-11-6-4-3-5-7-11/h3-7H,1-2,8-10H2. The topological polar surface area (TPSA) is 34.1 Å². The van der Waals surface area contributed by atoms with Gasteiger partial charge in [0, 0.05) is 25.7 Å². The predicted octanol–water partition coefficient (Wildman–Crippen LogP) is 2.37. The third-order valence-corrected chi connectivity index (χ3v) is 2.21. The number of hydrogen-bond donors (Lipinski definition) is 0. The lowest BCUT2D eigenvalue weighted by atomic mass is 10.0. The van der Waals surface area contributed by atoms with Crippen molar-refractivity contribution < 1.29 is 9.59 Å². The highest BCUT2D eigenvalue weighted by Gasteiger charge is 2.06. The second-order valence-corrected chi connectivity index (χ2v) is 3.49. The molecule has 0 saturated carbocycles. The molecule has 1 aromatic rings. The van der Waals surface area contributed by atoms with E-state index < -0.39 is 0 Å². The van der Waals surface area contributed by atoms with Crippen molar-refractivity contribution >= 4 is 11.6 Å². The highest BCUT2D eigenvalue weighted by atomic mass is 16.1. The van der Waals surface area contributed by atoms with Crippen LogP contribution in [0.4, 0.5) is 0 Å². The zero-order chi connectivity index (χ0) is 11.1. The maximum Gasteiger partial charge on any atom is 0.137 e. The highest BCUT2D eigenvalue weighted by molar-refractivity contribution is 5.87. The van der Waals surface area contributed by atoms with Gasteiger partial charge in [-0.1, -0.05) is 30.3 Å². The molecule has 1 aromatic carbocycles. The summed E-state index contributed by atoms with van der Waals surface area (Å²) in [4.78, 5) is 22.4. The Morgan fingerprint density at radius 3 is 2.20 bits per heavy atom. The third-order valence-electron chi connectivity index (χ3n) is 2.21. The highest BCUT2D eigenvalue weighted by Crippen LogP contribution is 2.04. The van der Waals surface area contributed by atoms with Gasteiger partial charge in [0.15, 0.2) is 0 Å². The van der Waals surface area contributed by atoms with Crippen molar-refractivity contribution in [3.63, 3.8) is 0 Å². The van der Waals surface area contributed by atoms with Gasteiger partial charge in [-0.05, 0) is 12.5 Å². The van der Waals surface area contributed by atoms with Crippen molar-refractivity contribution in [3.05, 3.63) is 42.8 Å². The van der Waals surface area contributed by atoms with Crippen LogP contribution >= 0.6 is 0 Å². The van der Waals surface area contributed by atoms with Crippen LogP contribution < -0.4 is 0 Å². The minimum Gasteiger partial charge on any atom is -0.300 e. The van der Waals surface area contributed by atoms with Gasteiger partial charge in [0.1, 0.15) is 11.6 Å². The van der Waals surface area contributed by atoms with Crippen molar-refractivity contribution in [2.75, 3.05) is 0 Å². The molecular weight excluding hydrogens is 188 g/mol. The maximum atomic E-state index is 11.5. The van der Waals surface area contributed by atoms with Crippen LogP contribution in [0.5, 0.6) is 0 Å². The number of rotatable bonds is 6. The summed E-state index contributed by atoms with van der Waals surface area (Å²) in [5.41, 5.74) is 1.00. The molecule has 0 aliphatic heterocycles. The van der Waals surface area contributed by atoms with E-state index in [0.29, 0.717) is 19.3 Å². The molecule has 0 fully saturated rings. The number of carbonyl (C=O) groups is 2. The fraction of sp³-hybridized carbons (Fsp3) is 0.308. The molecular formula is C13H15O2. The summed E-state index contributed by atoms with van der Waals surface area (Å²) in [6, 6.07) is 9.57. The molecule has 79 valence electrons. The van der Waals surface area contributed by atoms with Crippen LogP contribution in [0, 0.1) is 6.92 Å². The molecule has 0 aliphatic carbocycles. The second kappa shape index (κ2) is 6.12. The Bertz CT molecular complexity index is 328. The summed E-state index contributed by atoms with van der Waals surface area (Å²) < 4.78 is 0. The summed E-state index contributed by atoms with van der Waals surface area (Å²) in [7, 11) is 0. The summed E-state index contributed by atoms with van der Waals surface area (Å²) in [6.45, 7) is 3.49. The molecule has 0 amide bonds. The van der Waals surface area contributed by atoms with Gasteiger partial charge in [0.25, 0.3) is 0 Å². The number of hydrogen-bond acceptors (Lipinski definition) is 2. The Labute approximate surface area is 90.3 Å². The molecule has 0 aromatic heterocycles. The van der Waals surface area contributed by atoms with Crippen LogP contribution in [-0.4, -0.2) is 11.6 Å². The quantitative estimate of drug-likeness (QED) is 0.711. The van der Waals surface area contributed by atoms with Crippen LogP contribution in [0.1, 0.15) is 24.8 Å². The van der Waals surface area contributed by atoms with Crippen molar-refractivity contribution in [2.24, 2.45) is 0 Å². The molecule has 0 spiro atoms. The molecule has 0 atom stereocenters. The van der Waals surface area contributed by atoms with Crippen LogP contribution in [0.15, 0.2) is 30.3 Å². The van der Waals surface area contributed by atoms with E-state index in [9.17, 15) is 9.59 Å². The van der Waals surface area contributed by atoms with Crippen molar-refractivity contribution in [2.45, 2.75) is 25.7 Å². The molecule has 1 rings (SSSR count). The third kappa shape index (κ3) is 4.54. The molecule has 0 heterocycles. The van der Waals surface area contributed by atoms with E-state index in [1.165, 1.54) is 0 Å². The maximum absolute atomic E-state index is 11.5. The molecule has 15 heavy (non-hydrogen) atoms. The van der Waals surface area contributed by atoms with E-state index in [1.54, 1.807) is 0 Å². The zero-order valence-electron chi connectivity index (χ0n) is 8.74. The van der Waals surface area contributed by atoms with Gasteiger partial charge in [0.05, 0.1) is 0 Å². The van der Waals surface area contributed by atoms with Crippen molar-refractivity contribution in [1.29, 1.82) is 0 Å². The number of benzene rings is 1. The number of carbonyl (C=O) groups excluding carboxylic acids is 2. The van der Waals surface area contributed by atoms with Crippen LogP contribution in [0.3, 0.4) is 0 Å². The largest absolute Gasteiger partial charge is 0.300 e. The Kier molecular flexibility index (Phi) is 4.75. The first-order chi connectivity index (χ1) is 7.22. The molecule has 0 unspecified atom stereocenters. The minimum absolute atomic E-state index is 0.0522. The van der Waals surface area contributed by atoms with Crippen LogP contribution in [0.25, 0.3) is 0 Å². The molecule has 0 N–H and O–H groups in total. The van der Waals surface area contributed by atoms with Gasteiger partial charge >= 0.3 is 0 Å². The van der Waals surface area contributed by atoms with Gasteiger partial charge in [-0.2, -0.15) is 0 Å². The van der Waals surface area contributed by atoms with Crippen molar-refractivity contribution in [3.8, 4) is 0 Å². The lowest BCUT2D eigenvalue weighted by Gasteiger charge is -2.00. The van der Waals surface area contributed by atoms with Crippen molar-refractivity contribution in [1.82, 2.24) is 0 Å². The first kappa shape index (κ1) is 11.6. The van der Waals surface area contributed by atoms with Crippen LogP contribution in [-0.2, 0) is 16.0 Å². The average Bonchev–Trinajstić information content (AvgIpc) is 2.27. The normalized spacial score (nSPS) is 9.93. The first-order valence-electron chi connectivity index (χ1n) is 5.09. The minimum atomic E-state index is 0.0522. The molecule has 1 radical (unpaired) electrons. The fourth-order valence-corrected chi connectivity index (χ4v) is 1.32. The Morgan fingerprint density at radius 1 is 1.00 bits per heavy atom. The van der Waals surface area contributed by atoms with Crippen LogP contribution in [0.2, 0.25) is 0 Å². The summed E-state index contributed by atoms with van der Waals surface area (Å²) in [5, 5.41) is 0. The second-order valence-electron chi connectivity index (χ2n) is 3.49. The average molecular weight is 203 g/mol. The fourth-order valence-electron chi connectivity index (χ4n) is 1.32. The lowest BCUT2D eigenvalue weighted by molar-refractivity contribution is -0.123. The predicted molar refractivity (Wildman–Crippen MR) is 59.4 cm³/mol. The van der Waals surface area contributed by atoms with Gasteiger partial charge in [0.2, 0.25) is 0 Å². The summed E-state index contributed by atoms with van der Waals surface area (Å²) in [6.07, 6.45) is 1.36. The zero-order valence-corrected chi connectivity index (χ0v) is 8.74. The smallest absolute Gasteiger partial charge is 0.137 e. The Morgan fingerprint density at radius 2 is 1.60 bits per heavy atom. The van der Waals surface area contributed by atoms with E-state index in [-0.39, 0.29) is 18.0 Å². The monoisotopic (exact) mass is 203 g/mol. The summed E-state index contributed by atoms with van der Waals surface area (Å²) in [5.74, 6) is 0.166. The van der Waals surface area contributed by atoms with E-state index in [2.05, 4.69) is 6.92 Å². The SMILES string of the molecule is [CH2]CC(=O)CCC(=O)Cc1ccccc1. The molecule has 2 heteroatoms. The number of ketones is 2. The summed E-state index contributed by atoms with van der Waals surface area (Å²) >= 11 is 0. The molecule has 0 bridgehead atoms.